The maximum Gasteiger partial charge on any atom is 0.219 e. The number of aromatic nitrogens is 2. The van der Waals surface area contributed by atoms with Crippen molar-refractivity contribution in [3.8, 4) is 11.3 Å². The van der Waals surface area contributed by atoms with E-state index in [1.54, 1.807) is 19.1 Å². The van der Waals surface area contributed by atoms with Gasteiger partial charge in [-0.15, -0.1) is 0 Å². The number of nitrogens with one attached hydrogen (secondary N) is 2. The first kappa shape index (κ1) is 11.9. The summed E-state index contributed by atoms with van der Waals surface area (Å²) in [5.41, 5.74) is 2.34. The van der Waals surface area contributed by atoms with Crippen molar-refractivity contribution >= 4 is 5.69 Å². The zero-order valence-corrected chi connectivity index (χ0v) is 10.5. The molecule has 0 bridgehead atoms. The molecule has 0 amide bonds. The van der Waals surface area contributed by atoms with E-state index in [-0.39, 0.29) is 11.3 Å². The largest absolute Gasteiger partial charge is 0.359 e. The van der Waals surface area contributed by atoms with Crippen LogP contribution < -0.4 is 5.32 Å². The Labute approximate surface area is 109 Å². The van der Waals surface area contributed by atoms with Gasteiger partial charge < -0.3 is 10.3 Å². The lowest BCUT2D eigenvalue weighted by Gasteiger charge is -2.21. The fourth-order valence-corrected chi connectivity index (χ4v) is 2.34. The molecule has 0 saturated carbocycles. The van der Waals surface area contributed by atoms with Crippen molar-refractivity contribution in [3.05, 3.63) is 47.6 Å². The molecule has 19 heavy (non-hydrogen) atoms. The SMILES string of the molecule is C=C1CCc2c(ccc(-c3nc(C)[nH]c3F)c2F)N1. The predicted molar refractivity (Wildman–Crippen MR) is 69.8 cm³/mol. The average molecular weight is 261 g/mol. The fourth-order valence-electron chi connectivity index (χ4n) is 2.34. The number of nitrogens with zero attached hydrogens (tertiary/aromatic N) is 1. The molecule has 0 unspecified atom stereocenters. The first-order chi connectivity index (χ1) is 9.06. The molecule has 5 heteroatoms. The van der Waals surface area contributed by atoms with Gasteiger partial charge >= 0.3 is 0 Å². The van der Waals surface area contributed by atoms with Gasteiger partial charge in [-0.3, -0.25) is 0 Å². The number of imidazole rings is 1. The number of rotatable bonds is 1. The molecule has 0 atom stereocenters. The topological polar surface area (TPSA) is 40.7 Å². The van der Waals surface area contributed by atoms with E-state index in [1.807, 2.05) is 0 Å². The molecular weight excluding hydrogens is 248 g/mol. The first-order valence-electron chi connectivity index (χ1n) is 6.05. The summed E-state index contributed by atoms with van der Waals surface area (Å²) in [5.74, 6) is -0.594. The summed E-state index contributed by atoms with van der Waals surface area (Å²) in [6.07, 6.45) is 1.24. The van der Waals surface area contributed by atoms with E-state index in [1.165, 1.54) is 0 Å². The highest BCUT2D eigenvalue weighted by atomic mass is 19.1. The number of allylic oxidation sites excluding steroid dienone is 1. The van der Waals surface area contributed by atoms with Crippen LogP contribution in [-0.2, 0) is 6.42 Å². The zero-order valence-electron chi connectivity index (χ0n) is 10.5. The molecule has 0 spiro atoms. The van der Waals surface area contributed by atoms with Crippen LogP contribution in [0.5, 0.6) is 0 Å². The van der Waals surface area contributed by atoms with E-state index >= 15 is 0 Å². The van der Waals surface area contributed by atoms with Crippen LogP contribution in [0.15, 0.2) is 24.4 Å². The lowest BCUT2D eigenvalue weighted by Crippen LogP contribution is -2.11. The number of aryl methyl sites for hydroxylation is 1. The average Bonchev–Trinajstić information content (AvgIpc) is 2.68. The van der Waals surface area contributed by atoms with Crippen molar-refractivity contribution in [2.45, 2.75) is 19.8 Å². The van der Waals surface area contributed by atoms with Crippen molar-refractivity contribution < 1.29 is 8.78 Å². The molecule has 3 nitrogen and oxygen atoms in total. The Hall–Kier alpha value is -2.17. The minimum atomic E-state index is -0.607. The van der Waals surface area contributed by atoms with Gasteiger partial charge in [-0.2, -0.15) is 4.39 Å². The highest BCUT2D eigenvalue weighted by Crippen LogP contribution is 2.34. The van der Waals surface area contributed by atoms with Crippen molar-refractivity contribution in [3.63, 3.8) is 0 Å². The lowest BCUT2D eigenvalue weighted by atomic mass is 9.97. The van der Waals surface area contributed by atoms with Gasteiger partial charge in [-0.1, -0.05) is 6.58 Å². The Kier molecular flexibility index (Phi) is 2.62. The predicted octanol–water partition coefficient (Wildman–Crippen LogP) is 3.54. The normalized spacial score (nSPS) is 14.2. The molecule has 2 heterocycles. The Morgan fingerprint density at radius 2 is 2.05 bits per heavy atom. The van der Waals surface area contributed by atoms with E-state index in [4.69, 9.17) is 0 Å². The summed E-state index contributed by atoms with van der Waals surface area (Å²) in [6, 6.07) is 3.28. The van der Waals surface area contributed by atoms with Gasteiger partial charge in [0.15, 0.2) is 0 Å². The maximum absolute atomic E-state index is 14.5. The standard InChI is InChI=1S/C14H13F2N3/c1-7-3-4-9-11(17-7)6-5-10(12(9)15)13-14(16)19-8(2)18-13/h5-6,17H,1,3-4H2,2H3,(H,18,19). The molecule has 2 aromatic rings. The van der Waals surface area contributed by atoms with Crippen molar-refractivity contribution in [2.75, 3.05) is 5.32 Å². The third kappa shape index (κ3) is 1.91. The van der Waals surface area contributed by atoms with Gasteiger partial charge in [0.05, 0.1) is 0 Å². The van der Waals surface area contributed by atoms with Crippen LogP contribution in [0.3, 0.4) is 0 Å². The van der Waals surface area contributed by atoms with Gasteiger partial charge in [0.2, 0.25) is 5.95 Å². The van der Waals surface area contributed by atoms with Crippen LogP contribution in [0.2, 0.25) is 0 Å². The number of hydrogen-bond acceptors (Lipinski definition) is 2. The van der Waals surface area contributed by atoms with Gasteiger partial charge in [-0.05, 0) is 31.9 Å². The summed E-state index contributed by atoms with van der Waals surface area (Å²) in [5, 5.41) is 3.04. The van der Waals surface area contributed by atoms with E-state index in [0.29, 0.717) is 29.9 Å². The van der Waals surface area contributed by atoms with Crippen LogP contribution in [0.4, 0.5) is 14.5 Å². The molecule has 98 valence electrons. The summed E-state index contributed by atoms with van der Waals surface area (Å²) in [7, 11) is 0. The number of benzene rings is 1. The van der Waals surface area contributed by atoms with Gasteiger partial charge in [0, 0.05) is 22.5 Å². The van der Waals surface area contributed by atoms with Crippen LogP contribution in [0.25, 0.3) is 11.3 Å². The van der Waals surface area contributed by atoms with E-state index in [2.05, 4.69) is 21.9 Å². The van der Waals surface area contributed by atoms with Gasteiger partial charge in [-0.25, -0.2) is 9.37 Å². The molecule has 1 aromatic heterocycles. The highest BCUT2D eigenvalue weighted by molar-refractivity contribution is 5.69. The lowest BCUT2D eigenvalue weighted by molar-refractivity contribution is 0.584. The molecule has 1 aliphatic rings. The molecule has 0 saturated heterocycles. The smallest absolute Gasteiger partial charge is 0.219 e. The van der Waals surface area contributed by atoms with Crippen LogP contribution in [-0.4, -0.2) is 9.97 Å². The fraction of sp³-hybridized carbons (Fsp3) is 0.214. The second-order valence-electron chi connectivity index (χ2n) is 4.67. The third-order valence-electron chi connectivity index (χ3n) is 3.26. The third-order valence-corrected chi connectivity index (χ3v) is 3.26. The van der Waals surface area contributed by atoms with Crippen molar-refractivity contribution in [1.29, 1.82) is 0 Å². The molecule has 0 aliphatic carbocycles. The van der Waals surface area contributed by atoms with Gasteiger partial charge in [0.1, 0.15) is 17.3 Å². The Morgan fingerprint density at radius 3 is 2.74 bits per heavy atom. The summed E-state index contributed by atoms with van der Waals surface area (Å²) in [4.78, 5) is 6.44. The van der Waals surface area contributed by atoms with E-state index < -0.39 is 11.8 Å². The van der Waals surface area contributed by atoms with E-state index in [0.717, 1.165) is 5.70 Å². The quantitative estimate of drug-likeness (QED) is 0.824. The van der Waals surface area contributed by atoms with Crippen molar-refractivity contribution in [2.24, 2.45) is 0 Å². The molecule has 0 fully saturated rings. The van der Waals surface area contributed by atoms with Crippen LogP contribution in [0.1, 0.15) is 17.8 Å². The van der Waals surface area contributed by atoms with E-state index in [9.17, 15) is 8.78 Å². The number of aromatic amines is 1. The monoisotopic (exact) mass is 261 g/mol. The van der Waals surface area contributed by atoms with Crippen LogP contribution >= 0.6 is 0 Å². The minimum Gasteiger partial charge on any atom is -0.359 e. The Balaban J connectivity index is 2.14. The van der Waals surface area contributed by atoms with Crippen LogP contribution in [0, 0.1) is 18.7 Å². The molecule has 1 aliphatic heterocycles. The Bertz CT molecular complexity index is 674. The molecule has 3 rings (SSSR count). The molecular formula is C14H13F2N3. The zero-order chi connectivity index (χ0) is 13.6. The summed E-state index contributed by atoms with van der Waals surface area (Å²) in [6.45, 7) is 5.46. The highest BCUT2D eigenvalue weighted by Gasteiger charge is 2.21. The molecule has 1 aromatic carbocycles. The second kappa shape index (κ2) is 4.19. The van der Waals surface area contributed by atoms with Gasteiger partial charge in [0.25, 0.3) is 0 Å². The molecule has 2 N–H and O–H groups in total. The second-order valence-corrected chi connectivity index (χ2v) is 4.67. The maximum atomic E-state index is 14.5. The number of fused-ring (bicyclic) bond motifs is 1. The van der Waals surface area contributed by atoms with Crippen molar-refractivity contribution in [1.82, 2.24) is 9.97 Å². The summed E-state index contributed by atoms with van der Waals surface area (Å²) >= 11 is 0. The minimum absolute atomic E-state index is 0.0298. The number of hydrogen-bond donors (Lipinski definition) is 2. The molecule has 0 radical (unpaired) electrons. The Morgan fingerprint density at radius 1 is 1.26 bits per heavy atom. The first-order valence-corrected chi connectivity index (χ1v) is 6.05. The number of halogens is 2. The summed E-state index contributed by atoms with van der Waals surface area (Å²) < 4.78 is 28.1. The number of H-pyrrole nitrogens is 1. The number of anilines is 1.